The third kappa shape index (κ3) is 4.57. The SMILES string of the molecule is Cc1ccc([C@@H](O)CNC(=O)Nc2ccc(F)cc2)cc1. The van der Waals surface area contributed by atoms with Crippen LogP contribution in [0.15, 0.2) is 48.5 Å². The highest BCUT2D eigenvalue weighted by molar-refractivity contribution is 5.89. The van der Waals surface area contributed by atoms with Gasteiger partial charge in [0.2, 0.25) is 0 Å². The van der Waals surface area contributed by atoms with E-state index in [9.17, 15) is 14.3 Å². The molecule has 0 saturated carbocycles. The molecule has 0 heterocycles. The Balaban J connectivity index is 1.83. The summed E-state index contributed by atoms with van der Waals surface area (Å²) >= 11 is 0. The van der Waals surface area contributed by atoms with Gasteiger partial charge in [0.25, 0.3) is 0 Å². The lowest BCUT2D eigenvalue weighted by molar-refractivity contribution is 0.175. The predicted molar refractivity (Wildman–Crippen MR) is 79.6 cm³/mol. The topological polar surface area (TPSA) is 61.4 Å². The van der Waals surface area contributed by atoms with Gasteiger partial charge < -0.3 is 15.7 Å². The Morgan fingerprint density at radius 1 is 1.14 bits per heavy atom. The smallest absolute Gasteiger partial charge is 0.319 e. The lowest BCUT2D eigenvalue weighted by Crippen LogP contribution is -2.32. The lowest BCUT2D eigenvalue weighted by atomic mass is 10.1. The van der Waals surface area contributed by atoms with Gasteiger partial charge in [-0.15, -0.1) is 0 Å². The first kappa shape index (κ1) is 15.0. The minimum atomic E-state index is -0.774. The van der Waals surface area contributed by atoms with Crippen LogP contribution in [-0.4, -0.2) is 17.7 Å². The highest BCUT2D eigenvalue weighted by Gasteiger charge is 2.09. The molecule has 0 spiro atoms. The summed E-state index contributed by atoms with van der Waals surface area (Å²) < 4.78 is 12.7. The standard InChI is InChI=1S/C16H17FN2O2/c1-11-2-4-12(5-3-11)15(20)10-18-16(21)19-14-8-6-13(17)7-9-14/h2-9,15,20H,10H2,1H3,(H2,18,19,21)/t15-/m0/s1. The van der Waals surface area contributed by atoms with E-state index in [0.29, 0.717) is 5.69 Å². The second-order valence-corrected chi connectivity index (χ2v) is 4.77. The van der Waals surface area contributed by atoms with Crippen molar-refractivity contribution in [2.75, 3.05) is 11.9 Å². The molecule has 2 aromatic rings. The van der Waals surface area contributed by atoms with Crippen LogP contribution in [-0.2, 0) is 0 Å². The maximum Gasteiger partial charge on any atom is 0.319 e. The van der Waals surface area contributed by atoms with Crippen molar-refractivity contribution in [3.05, 3.63) is 65.5 Å². The van der Waals surface area contributed by atoms with Gasteiger partial charge in [-0.2, -0.15) is 0 Å². The number of hydrogen-bond donors (Lipinski definition) is 3. The van der Waals surface area contributed by atoms with Crippen LogP contribution in [0.4, 0.5) is 14.9 Å². The summed E-state index contributed by atoms with van der Waals surface area (Å²) in [6, 6.07) is 12.4. The summed E-state index contributed by atoms with van der Waals surface area (Å²) in [7, 11) is 0. The molecule has 0 aliphatic carbocycles. The normalized spacial score (nSPS) is 11.8. The Morgan fingerprint density at radius 2 is 1.76 bits per heavy atom. The average Bonchev–Trinajstić information content (AvgIpc) is 2.48. The van der Waals surface area contributed by atoms with Crippen LogP contribution in [0.25, 0.3) is 0 Å². The third-order valence-corrected chi connectivity index (χ3v) is 3.02. The Morgan fingerprint density at radius 3 is 2.38 bits per heavy atom. The van der Waals surface area contributed by atoms with Crippen LogP contribution in [0.3, 0.4) is 0 Å². The molecule has 0 aliphatic heterocycles. The minimum Gasteiger partial charge on any atom is -0.387 e. The Hall–Kier alpha value is -2.40. The van der Waals surface area contributed by atoms with Crippen LogP contribution in [0.1, 0.15) is 17.2 Å². The molecule has 3 N–H and O–H groups in total. The number of hydrogen-bond acceptors (Lipinski definition) is 2. The number of aliphatic hydroxyl groups excluding tert-OH is 1. The number of urea groups is 1. The molecule has 4 nitrogen and oxygen atoms in total. The zero-order valence-electron chi connectivity index (χ0n) is 11.6. The number of amides is 2. The Labute approximate surface area is 122 Å². The van der Waals surface area contributed by atoms with E-state index in [2.05, 4.69) is 10.6 Å². The highest BCUT2D eigenvalue weighted by Crippen LogP contribution is 2.13. The molecule has 0 aromatic heterocycles. The summed E-state index contributed by atoms with van der Waals surface area (Å²) in [4.78, 5) is 11.7. The van der Waals surface area contributed by atoms with Crippen molar-refractivity contribution >= 4 is 11.7 Å². The fraction of sp³-hybridized carbons (Fsp3) is 0.188. The molecule has 2 aromatic carbocycles. The average molecular weight is 288 g/mol. The highest BCUT2D eigenvalue weighted by atomic mass is 19.1. The molecule has 5 heteroatoms. The van der Waals surface area contributed by atoms with Crippen molar-refractivity contribution in [3.63, 3.8) is 0 Å². The van der Waals surface area contributed by atoms with E-state index < -0.39 is 12.1 Å². The molecule has 0 aliphatic rings. The van der Waals surface area contributed by atoms with Gasteiger partial charge in [-0.25, -0.2) is 9.18 Å². The number of aliphatic hydroxyl groups is 1. The van der Waals surface area contributed by atoms with E-state index in [0.717, 1.165) is 11.1 Å². The van der Waals surface area contributed by atoms with Crippen molar-refractivity contribution in [1.29, 1.82) is 0 Å². The van der Waals surface area contributed by atoms with Crippen molar-refractivity contribution < 1.29 is 14.3 Å². The van der Waals surface area contributed by atoms with Crippen LogP contribution in [0, 0.1) is 12.7 Å². The monoisotopic (exact) mass is 288 g/mol. The second kappa shape index (κ2) is 6.85. The van der Waals surface area contributed by atoms with Gasteiger partial charge in [-0.1, -0.05) is 29.8 Å². The van der Waals surface area contributed by atoms with Crippen LogP contribution in [0.5, 0.6) is 0 Å². The molecule has 0 saturated heterocycles. The summed E-state index contributed by atoms with van der Waals surface area (Å²) in [5, 5.41) is 15.1. The van der Waals surface area contributed by atoms with E-state index in [4.69, 9.17) is 0 Å². The van der Waals surface area contributed by atoms with Gasteiger partial charge in [0, 0.05) is 12.2 Å². The van der Waals surface area contributed by atoms with Crippen LogP contribution < -0.4 is 10.6 Å². The van der Waals surface area contributed by atoms with Gasteiger partial charge in [-0.3, -0.25) is 0 Å². The minimum absolute atomic E-state index is 0.0933. The number of anilines is 1. The number of halogens is 1. The van der Waals surface area contributed by atoms with Crippen molar-refractivity contribution in [2.24, 2.45) is 0 Å². The second-order valence-electron chi connectivity index (χ2n) is 4.77. The van der Waals surface area contributed by atoms with Crippen LogP contribution in [0.2, 0.25) is 0 Å². The number of nitrogens with one attached hydrogen (secondary N) is 2. The lowest BCUT2D eigenvalue weighted by Gasteiger charge is -2.13. The zero-order chi connectivity index (χ0) is 15.2. The molecule has 0 fully saturated rings. The third-order valence-electron chi connectivity index (χ3n) is 3.02. The predicted octanol–water partition coefficient (Wildman–Crippen LogP) is 2.99. The fourth-order valence-corrected chi connectivity index (χ4v) is 1.80. The summed E-state index contributed by atoms with van der Waals surface area (Å²) in [5.74, 6) is -0.365. The van der Waals surface area contributed by atoms with Gasteiger partial charge in [0.1, 0.15) is 5.82 Å². The van der Waals surface area contributed by atoms with E-state index in [1.54, 1.807) is 0 Å². The number of aryl methyl sites for hydroxylation is 1. The molecular weight excluding hydrogens is 271 g/mol. The number of benzene rings is 2. The maximum absolute atomic E-state index is 12.7. The molecule has 2 amide bonds. The van der Waals surface area contributed by atoms with E-state index in [-0.39, 0.29) is 12.4 Å². The first-order chi connectivity index (χ1) is 10.0. The molecular formula is C16H17FN2O2. The van der Waals surface area contributed by atoms with Crippen LogP contribution >= 0.6 is 0 Å². The molecule has 0 radical (unpaired) electrons. The molecule has 2 rings (SSSR count). The number of carbonyl (C=O) groups is 1. The Bertz CT molecular complexity index is 597. The van der Waals surface area contributed by atoms with Gasteiger partial charge >= 0.3 is 6.03 Å². The fourth-order valence-electron chi connectivity index (χ4n) is 1.80. The van der Waals surface area contributed by atoms with Crippen molar-refractivity contribution in [2.45, 2.75) is 13.0 Å². The molecule has 0 unspecified atom stereocenters. The number of rotatable bonds is 4. The molecule has 110 valence electrons. The molecule has 21 heavy (non-hydrogen) atoms. The maximum atomic E-state index is 12.7. The summed E-state index contributed by atoms with van der Waals surface area (Å²) in [6.07, 6.45) is -0.774. The first-order valence-corrected chi connectivity index (χ1v) is 6.59. The summed E-state index contributed by atoms with van der Waals surface area (Å²) in [6.45, 7) is 2.06. The molecule has 1 atom stereocenters. The molecule has 0 bridgehead atoms. The van der Waals surface area contributed by atoms with E-state index >= 15 is 0 Å². The first-order valence-electron chi connectivity index (χ1n) is 6.59. The quantitative estimate of drug-likeness (QED) is 0.810. The zero-order valence-corrected chi connectivity index (χ0v) is 11.6. The largest absolute Gasteiger partial charge is 0.387 e. The van der Waals surface area contributed by atoms with Crippen molar-refractivity contribution in [1.82, 2.24) is 5.32 Å². The number of carbonyl (C=O) groups excluding carboxylic acids is 1. The van der Waals surface area contributed by atoms with Crippen molar-refractivity contribution in [3.8, 4) is 0 Å². The Kier molecular flexibility index (Phi) is 4.90. The van der Waals surface area contributed by atoms with E-state index in [1.165, 1.54) is 24.3 Å². The van der Waals surface area contributed by atoms with Gasteiger partial charge in [-0.05, 0) is 36.8 Å². The van der Waals surface area contributed by atoms with E-state index in [1.807, 2.05) is 31.2 Å². The summed E-state index contributed by atoms with van der Waals surface area (Å²) in [5.41, 5.74) is 2.33. The van der Waals surface area contributed by atoms with Gasteiger partial charge in [0.05, 0.1) is 6.10 Å². The van der Waals surface area contributed by atoms with Gasteiger partial charge in [0.15, 0.2) is 0 Å².